The third kappa shape index (κ3) is 3.42. The van der Waals surface area contributed by atoms with Gasteiger partial charge in [-0.3, -0.25) is 9.59 Å². The lowest BCUT2D eigenvalue weighted by atomic mass is 10.2. The zero-order valence-electron chi connectivity index (χ0n) is 13.0. The monoisotopic (exact) mass is 330 g/mol. The second-order valence-electron chi connectivity index (χ2n) is 5.89. The number of carbonyl (C=O) groups excluding carboxylic acids is 2. The van der Waals surface area contributed by atoms with Crippen LogP contribution in [0.1, 0.15) is 12.0 Å². The molecule has 24 heavy (non-hydrogen) atoms. The Bertz CT molecular complexity index is 787. The first-order valence-corrected chi connectivity index (χ1v) is 7.58. The summed E-state index contributed by atoms with van der Waals surface area (Å²) in [5.74, 6) is -3.57. The fraction of sp³-hybridized carbons (Fsp3) is 0.222. The molecule has 0 heterocycles. The van der Waals surface area contributed by atoms with Gasteiger partial charge in [0.2, 0.25) is 11.8 Å². The Hall–Kier alpha value is -2.76. The molecule has 0 spiro atoms. The minimum absolute atomic E-state index is 0.269. The highest BCUT2D eigenvalue weighted by molar-refractivity contribution is 6.03. The number of rotatable bonds is 4. The van der Waals surface area contributed by atoms with Crippen LogP contribution in [0.3, 0.4) is 0 Å². The van der Waals surface area contributed by atoms with Gasteiger partial charge >= 0.3 is 0 Å². The van der Waals surface area contributed by atoms with Gasteiger partial charge in [0, 0.05) is 5.69 Å². The molecule has 0 radical (unpaired) electrons. The first-order valence-electron chi connectivity index (χ1n) is 7.58. The largest absolute Gasteiger partial charge is 0.326 e. The van der Waals surface area contributed by atoms with Crippen molar-refractivity contribution in [2.75, 3.05) is 10.6 Å². The molecule has 0 bridgehead atoms. The van der Waals surface area contributed by atoms with Crippen molar-refractivity contribution in [1.82, 2.24) is 0 Å². The highest BCUT2D eigenvalue weighted by Gasteiger charge is 2.48. The van der Waals surface area contributed by atoms with Crippen LogP contribution in [0.25, 0.3) is 0 Å². The molecular weight excluding hydrogens is 314 g/mol. The zero-order valence-corrected chi connectivity index (χ0v) is 13.0. The average molecular weight is 330 g/mol. The van der Waals surface area contributed by atoms with Gasteiger partial charge in [0.15, 0.2) is 0 Å². The summed E-state index contributed by atoms with van der Waals surface area (Å²) in [5.41, 5.74) is 1.19. The molecule has 2 amide bonds. The molecule has 1 aliphatic rings. The number of anilines is 2. The SMILES string of the molecule is Cc1cccc(NC(=O)C2CC2C(=O)Nc2c(F)cccc2F)c1. The van der Waals surface area contributed by atoms with Crippen molar-refractivity contribution in [3.05, 3.63) is 59.7 Å². The van der Waals surface area contributed by atoms with E-state index in [1.807, 2.05) is 25.1 Å². The van der Waals surface area contributed by atoms with E-state index in [1.54, 1.807) is 6.07 Å². The Kier molecular flexibility index (Phi) is 4.29. The number of aryl methyl sites for hydroxylation is 1. The zero-order chi connectivity index (χ0) is 17.3. The molecule has 124 valence electrons. The van der Waals surface area contributed by atoms with Gasteiger partial charge in [-0.2, -0.15) is 0 Å². The minimum atomic E-state index is -0.843. The molecular formula is C18H16F2N2O2. The van der Waals surface area contributed by atoms with Crippen molar-refractivity contribution in [3.8, 4) is 0 Å². The molecule has 2 aromatic rings. The molecule has 0 aliphatic heterocycles. The van der Waals surface area contributed by atoms with Crippen LogP contribution in [0.4, 0.5) is 20.2 Å². The van der Waals surface area contributed by atoms with Crippen LogP contribution < -0.4 is 10.6 Å². The molecule has 1 saturated carbocycles. The molecule has 4 nitrogen and oxygen atoms in total. The number of amides is 2. The molecule has 0 saturated heterocycles. The summed E-state index contributed by atoms with van der Waals surface area (Å²) in [4.78, 5) is 24.2. The summed E-state index contributed by atoms with van der Waals surface area (Å²) in [7, 11) is 0. The fourth-order valence-corrected chi connectivity index (χ4v) is 2.57. The summed E-state index contributed by atoms with van der Waals surface area (Å²) in [5, 5.41) is 4.98. The summed E-state index contributed by atoms with van der Waals surface area (Å²) in [6.07, 6.45) is 0.361. The van der Waals surface area contributed by atoms with Gasteiger partial charge in [-0.25, -0.2) is 8.78 Å². The van der Waals surface area contributed by atoms with E-state index in [2.05, 4.69) is 10.6 Å². The molecule has 2 unspecified atom stereocenters. The highest BCUT2D eigenvalue weighted by atomic mass is 19.1. The van der Waals surface area contributed by atoms with Gasteiger partial charge in [-0.15, -0.1) is 0 Å². The molecule has 0 aromatic heterocycles. The highest BCUT2D eigenvalue weighted by Crippen LogP contribution is 2.40. The van der Waals surface area contributed by atoms with Crippen molar-refractivity contribution >= 4 is 23.2 Å². The molecule has 6 heteroatoms. The van der Waals surface area contributed by atoms with Crippen LogP contribution in [0.5, 0.6) is 0 Å². The van der Waals surface area contributed by atoms with E-state index in [0.717, 1.165) is 17.7 Å². The van der Waals surface area contributed by atoms with Crippen LogP contribution in [0.15, 0.2) is 42.5 Å². The Labute approximate surface area is 137 Å². The smallest absolute Gasteiger partial charge is 0.228 e. The van der Waals surface area contributed by atoms with Crippen molar-refractivity contribution in [1.29, 1.82) is 0 Å². The number of benzene rings is 2. The third-order valence-electron chi connectivity index (χ3n) is 3.96. The van der Waals surface area contributed by atoms with E-state index in [1.165, 1.54) is 6.07 Å². The van der Waals surface area contributed by atoms with Crippen molar-refractivity contribution < 1.29 is 18.4 Å². The normalized spacial score (nSPS) is 18.8. The van der Waals surface area contributed by atoms with Crippen LogP contribution in [0, 0.1) is 30.4 Å². The lowest BCUT2D eigenvalue weighted by Crippen LogP contribution is -2.21. The maximum Gasteiger partial charge on any atom is 0.228 e. The number of halogens is 2. The van der Waals surface area contributed by atoms with Crippen LogP contribution in [-0.4, -0.2) is 11.8 Å². The van der Waals surface area contributed by atoms with Gasteiger partial charge in [-0.05, 0) is 43.2 Å². The predicted molar refractivity (Wildman–Crippen MR) is 86.4 cm³/mol. The third-order valence-corrected chi connectivity index (χ3v) is 3.96. The van der Waals surface area contributed by atoms with Gasteiger partial charge in [0.25, 0.3) is 0 Å². The molecule has 2 atom stereocenters. The summed E-state index contributed by atoms with van der Waals surface area (Å²) >= 11 is 0. The van der Waals surface area contributed by atoms with Gasteiger partial charge in [-0.1, -0.05) is 18.2 Å². The van der Waals surface area contributed by atoms with Gasteiger partial charge in [0.05, 0.1) is 11.8 Å². The fourth-order valence-electron chi connectivity index (χ4n) is 2.57. The molecule has 1 fully saturated rings. The Morgan fingerprint density at radius 2 is 1.54 bits per heavy atom. The quantitative estimate of drug-likeness (QED) is 0.901. The molecule has 1 aliphatic carbocycles. The second-order valence-corrected chi connectivity index (χ2v) is 5.89. The van der Waals surface area contributed by atoms with E-state index in [-0.39, 0.29) is 5.91 Å². The van der Waals surface area contributed by atoms with Crippen LogP contribution in [-0.2, 0) is 9.59 Å². The first kappa shape index (κ1) is 16.1. The van der Waals surface area contributed by atoms with E-state index in [0.29, 0.717) is 12.1 Å². The maximum atomic E-state index is 13.5. The van der Waals surface area contributed by atoms with E-state index in [4.69, 9.17) is 0 Å². The summed E-state index contributed by atoms with van der Waals surface area (Å²) in [6, 6.07) is 10.7. The Balaban J connectivity index is 1.60. The topological polar surface area (TPSA) is 58.2 Å². The lowest BCUT2D eigenvalue weighted by Gasteiger charge is -2.08. The van der Waals surface area contributed by atoms with Crippen molar-refractivity contribution in [2.24, 2.45) is 11.8 Å². The Morgan fingerprint density at radius 1 is 0.958 bits per heavy atom. The van der Waals surface area contributed by atoms with Gasteiger partial charge in [0.1, 0.15) is 17.3 Å². The first-order chi connectivity index (χ1) is 11.5. The van der Waals surface area contributed by atoms with E-state index >= 15 is 0 Å². The molecule has 2 N–H and O–H groups in total. The number of nitrogens with one attached hydrogen (secondary N) is 2. The summed E-state index contributed by atoms with van der Waals surface area (Å²) in [6.45, 7) is 1.91. The predicted octanol–water partition coefficient (Wildman–Crippen LogP) is 3.49. The van der Waals surface area contributed by atoms with Crippen LogP contribution in [0.2, 0.25) is 0 Å². The van der Waals surface area contributed by atoms with Crippen molar-refractivity contribution in [3.63, 3.8) is 0 Å². The molecule has 2 aromatic carbocycles. The summed E-state index contributed by atoms with van der Waals surface area (Å²) < 4.78 is 27.1. The average Bonchev–Trinajstić information content (AvgIpc) is 3.32. The van der Waals surface area contributed by atoms with Gasteiger partial charge < -0.3 is 10.6 Å². The second kappa shape index (κ2) is 6.39. The van der Waals surface area contributed by atoms with Crippen molar-refractivity contribution in [2.45, 2.75) is 13.3 Å². The number of para-hydroxylation sites is 1. The standard InChI is InChI=1S/C18H16F2N2O2/c1-10-4-2-5-11(8-10)21-17(23)12-9-13(12)18(24)22-16-14(19)6-3-7-15(16)20/h2-8,12-13H,9H2,1H3,(H,21,23)(H,22,24). The number of hydrogen-bond acceptors (Lipinski definition) is 2. The number of hydrogen-bond donors (Lipinski definition) is 2. The number of carbonyl (C=O) groups is 2. The van der Waals surface area contributed by atoms with E-state index in [9.17, 15) is 18.4 Å². The van der Waals surface area contributed by atoms with Crippen LogP contribution >= 0.6 is 0 Å². The van der Waals surface area contributed by atoms with E-state index < -0.39 is 35.1 Å². The maximum absolute atomic E-state index is 13.5. The lowest BCUT2D eigenvalue weighted by molar-refractivity contribution is -0.122. The molecule has 3 rings (SSSR count). The minimum Gasteiger partial charge on any atom is -0.326 e. The Morgan fingerprint density at radius 3 is 2.17 bits per heavy atom.